The number of hydrogen-bond acceptors (Lipinski definition) is 6. The Bertz CT molecular complexity index is 1300. The van der Waals surface area contributed by atoms with E-state index in [0.29, 0.717) is 23.2 Å². The lowest BCUT2D eigenvalue weighted by molar-refractivity contribution is -0.118. The SMILES string of the molecule is COc1ccc(NC(=O)C2C(C)=Nc3nc(-c4ccccc4)nn3C2c2ccncc2)cc1. The number of ether oxygens (including phenoxy) is 1. The smallest absolute Gasteiger partial charge is 0.248 e. The molecule has 2 aromatic carbocycles. The summed E-state index contributed by atoms with van der Waals surface area (Å²) in [7, 11) is 1.61. The predicted octanol–water partition coefficient (Wildman–Crippen LogP) is 4.30. The van der Waals surface area contributed by atoms with Crippen LogP contribution in [-0.4, -0.2) is 38.5 Å². The van der Waals surface area contributed by atoms with Crippen LogP contribution in [0.25, 0.3) is 11.4 Å². The minimum absolute atomic E-state index is 0.175. The van der Waals surface area contributed by atoms with E-state index in [0.717, 1.165) is 16.9 Å². The molecule has 8 nitrogen and oxygen atoms in total. The Morgan fingerprint density at radius 1 is 1.00 bits per heavy atom. The van der Waals surface area contributed by atoms with Crippen molar-refractivity contribution in [2.24, 2.45) is 10.9 Å². The van der Waals surface area contributed by atoms with E-state index < -0.39 is 12.0 Å². The summed E-state index contributed by atoms with van der Waals surface area (Å²) in [6.45, 7) is 1.85. The first-order chi connectivity index (χ1) is 16.1. The number of rotatable bonds is 5. The van der Waals surface area contributed by atoms with Gasteiger partial charge in [-0.1, -0.05) is 30.3 Å². The van der Waals surface area contributed by atoms with Gasteiger partial charge in [0.15, 0.2) is 5.82 Å². The fourth-order valence-corrected chi connectivity index (χ4v) is 4.01. The number of hydrogen-bond donors (Lipinski definition) is 1. The van der Waals surface area contributed by atoms with Gasteiger partial charge < -0.3 is 10.1 Å². The maximum atomic E-state index is 13.5. The molecule has 0 aliphatic carbocycles. The number of methoxy groups -OCH3 is 1. The maximum Gasteiger partial charge on any atom is 0.248 e. The fourth-order valence-electron chi connectivity index (χ4n) is 4.01. The molecule has 4 aromatic rings. The van der Waals surface area contributed by atoms with Gasteiger partial charge in [0, 0.05) is 29.4 Å². The highest BCUT2D eigenvalue weighted by Crippen LogP contribution is 2.37. The second-order valence-electron chi connectivity index (χ2n) is 7.72. The zero-order valence-electron chi connectivity index (χ0n) is 18.2. The number of nitrogens with zero attached hydrogens (tertiary/aromatic N) is 5. The molecule has 3 heterocycles. The van der Waals surface area contributed by atoms with Crippen LogP contribution >= 0.6 is 0 Å². The Morgan fingerprint density at radius 3 is 2.42 bits per heavy atom. The van der Waals surface area contributed by atoms with Gasteiger partial charge in [0.25, 0.3) is 0 Å². The molecule has 1 amide bonds. The number of benzene rings is 2. The lowest BCUT2D eigenvalue weighted by Gasteiger charge is -2.30. The average molecular weight is 438 g/mol. The Kier molecular flexibility index (Phi) is 5.40. The number of aromatic nitrogens is 4. The second kappa shape index (κ2) is 8.66. The first-order valence-electron chi connectivity index (χ1n) is 10.6. The lowest BCUT2D eigenvalue weighted by atomic mass is 9.88. The molecule has 0 radical (unpaired) electrons. The number of nitrogens with one attached hydrogen (secondary N) is 1. The zero-order chi connectivity index (χ0) is 22.8. The van der Waals surface area contributed by atoms with Gasteiger partial charge in [0.05, 0.1) is 13.2 Å². The van der Waals surface area contributed by atoms with Crippen LogP contribution in [0.5, 0.6) is 5.75 Å². The molecule has 0 saturated carbocycles. The van der Waals surface area contributed by atoms with Crippen molar-refractivity contribution in [3.63, 3.8) is 0 Å². The zero-order valence-corrected chi connectivity index (χ0v) is 18.2. The van der Waals surface area contributed by atoms with E-state index in [4.69, 9.17) is 9.84 Å². The summed E-state index contributed by atoms with van der Waals surface area (Å²) in [6, 6.07) is 20.3. The molecular formula is C25H22N6O2. The van der Waals surface area contributed by atoms with Crippen LogP contribution < -0.4 is 10.1 Å². The lowest BCUT2D eigenvalue weighted by Crippen LogP contribution is -2.39. The standard InChI is InChI=1S/C25H22N6O2/c1-16-21(24(32)28-19-8-10-20(33-2)11-9-19)22(17-12-14-26-15-13-17)31-25(27-16)29-23(30-31)18-6-4-3-5-7-18/h3-15,21-22H,1-2H3,(H,28,32). The fraction of sp³-hybridized carbons (Fsp3) is 0.160. The third-order valence-corrected chi connectivity index (χ3v) is 5.64. The summed E-state index contributed by atoms with van der Waals surface area (Å²) in [5, 5.41) is 7.77. The molecule has 0 bridgehead atoms. The molecule has 0 spiro atoms. The number of fused-ring (bicyclic) bond motifs is 1. The normalized spacial score (nSPS) is 17.1. The molecule has 1 aliphatic heterocycles. The van der Waals surface area contributed by atoms with Crippen molar-refractivity contribution in [3.05, 3.63) is 84.7 Å². The number of pyridine rings is 1. The van der Waals surface area contributed by atoms with Crippen molar-refractivity contribution in [1.82, 2.24) is 19.7 Å². The summed E-state index contributed by atoms with van der Waals surface area (Å²) in [5.74, 6) is 1.01. The predicted molar refractivity (Wildman–Crippen MR) is 126 cm³/mol. The van der Waals surface area contributed by atoms with E-state index in [1.165, 1.54) is 0 Å². The van der Waals surface area contributed by atoms with Gasteiger partial charge in [-0.15, -0.1) is 5.10 Å². The highest BCUT2D eigenvalue weighted by molar-refractivity contribution is 6.10. The van der Waals surface area contributed by atoms with Gasteiger partial charge in [-0.05, 0) is 48.9 Å². The van der Waals surface area contributed by atoms with Crippen LogP contribution in [0.2, 0.25) is 0 Å². The molecule has 164 valence electrons. The molecule has 5 rings (SSSR count). The van der Waals surface area contributed by atoms with Gasteiger partial charge in [-0.2, -0.15) is 4.98 Å². The van der Waals surface area contributed by atoms with Crippen LogP contribution in [0.15, 0.2) is 84.1 Å². The molecule has 0 saturated heterocycles. The molecule has 8 heteroatoms. The van der Waals surface area contributed by atoms with E-state index in [1.54, 1.807) is 36.3 Å². The summed E-state index contributed by atoms with van der Waals surface area (Å²) < 4.78 is 6.94. The quantitative estimate of drug-likeness (QED) is 0.501. The van der Waals surface area contributed by atoms with Crippen LogP contribution in [0.1, 0.15) is 18.5 Å². The maximum absolute atomic E-state index is 13.5. The van der Waals surface area contributed by atoms with Gasteiger partial charge in [-0.3, -0.25) is 9.78 Å². The van der Waals surface area contributed by atoms with Crippen LogP contribution in [0.4, 0.5) is 11.6 Å². The van der Waals surface area contributed by atoms with E-state index in [9.17, 15) is 4.79 Å². The Morgan fingerprint density at radius 2 is 1.73 bits per heavy atom. The minimum Gasteiger partial charge on any atom is -0.497 e. The average Bonchev–Trinajstić information content (AvgIpc) is 3.28. The highest BCUT2D eigenvalue weighted by atomic mass is 16.5. The summed E-state index contributed by atoms with van der Waals surface area (Å²) >= 11 is 0. The highest BCUT2D eigenvalue weighted by Gasteiger charge is 2.39. The third kappa shape index (κ3) is 3.98. The summed E-state index contributed by atoms with van der Waals surface area (Å²) in [4.78, 5) is 26.9. The van der Waals surface area contributed by atoms with Crippen molar-refractivity contribution in [3.8, 4) is 17.1 Å². The second-order valence-corrected chi connectivity index (χ2v) is 7.72. The van der Waals surface area contributed by atoms with E-state index >= 15 is 0 Å². The van der Waals surface area contributed by atoms with Crippen molar-refractivity contribution in [2.75, 3.05) is 12.4 Å². The first-order valence-corrected chi connectivity index (χ1v) is 10.6. The minimum atomic E-state index is -0.577. The molecule has 0 fully saturated rings. The largest absolute Gasteiger partial charge is 0.497 e. The monoisotopic (exact) mass is 438 g/mol. The topological polar surface area (TPSA) is 94.3 Å². The van der Waals surface area contributed by atoms with Crippen LogP contribution in [0, 0.1) is 5.92 Å². The van der Waals surface area contributed by atoms with Crippen molar-refractivity contribution in [1.29, 1.82) is 0 Å². The molecule has 2 unspecified atom stereocenters. The van der Waals surface area contributed by atoms with E-state index in [2.05, 4.69) is 20.3 Å². The summed E-state index contributed by atoms with van der Waals surface area (Å²) in [6.07, 6.45) is 3.42. The van der Waals surface area contributed by atoms with Gasteiger partial charge in [0.1, 0.15) is 11.7 Å². The molecule has 1 aliphatic rings. The third-order valence-electron chi connectivity index (χ3n) is 5.64. The number of amides is 1. The number of anilines is 1. The van der Waals surface area contributed by atoms with Gasteiger partial charge in [-0.25, -0.2) is 9.67 Å². The number of aliphatic imine (C=N–C) groups is 1. The van der Waals surface area contributed by atoms with Crippen LogP contribution in [-0.2, 0) is 4.79 Å². The van der Waals surface area contributed by atoms with Gasteiger partial charge >= 0.3 is 0 Å². The van der Waals surface area contributed by atoms with Crippen LogP contribution in [0.3, 0.4) is 0 Å². The van der Waals surface area contributed by atoms with Crippen molar-refractivity contribution in [2.45, 2.75) is 13.0 Å². The van der Waals surface area contributed by atoms with Gasteiger partial charge in [0.2, 0.25) is 11.9 Å². The molecular weight excluding hydrogens is 416 g/mol. The van der Waals surface area contributed by atoms with E-state index in [1.807, 2.05) is 61.5 Å². The Balaban J connectivity index is 1.55. The van der Waals surface area contributed by atoms with Crippen molar-refractivity contribution >= 4 is 23.3 Å². The molecule has 33 heavy (non-hydrogen) atoms. The number of carbonyl (C=O) groups is 1. The first kappa shape index (κ1) is 20.6. The van der Waals surface area contributed by atoms with E-state index in [-0.39, 0.29) is 5.91 Å². The Labute approximate surface area is 191 Å². The molecule has 2 atom stereocenters. The Hall–Kier alpha value is -4.33. The molecule has 2 aromatic heterocycles. The molecule has 1 N–H and O–H groups in total. The summed E-state index contributed by atoms with van der Waals surface area (Å²) in [5.41, 5.74) is 3.14. The van der Waals surface area contributed by atoms with Crippen molar-refractivity contribution < 1.29 is 9.53 Å². The number of carbonyl (C=O) groups excluding carboxylic acids is 1.